The lowest BCUT2D eigenvalue weighted by Gasteiger charge is -2.15. The molecule has 0 bridgehead atoms. The third-order valence-corrected chi connectivity index (χ3v) is 1.17. The van der Waals surface area contributed by atoms with Crippen LogP contribution in [0.2, 0.25) is 0 Å². The zero-order valence-corrected chi connectivity index (χ0v) is 5.56. The molecule has 0 aliphatic rings. The Morgan fingerprint density at radius 1 is 1.55 bits per heavy atom. The Morgan fingerprint density at radius 3 is 2.09 bits per heavy atom. The summed E-state index contributed by atoms with van der Waals surface area (Å²) < 4.78 is 35.2. The highest BCUT2D eigenvalue weighted by Gasteiger charge is 2.39. The molecule has 0 spiro atoms. The summed E-state index contributed by atoms with van der Waals surface area (Å²) in [6.45, 7) is -0.685. The lowest BCUT2D eigenvalue weighted by atomic mass is 10.1. The van der Waals surface area contributed by atoms with E-state index >= 15 is 0 Å². The van der Waals surface area contributed by atoms with Crippen LogP contribution in [0.3, 0.4) is 0 Å². The van der Waals surface area contributed by atoms with E-state index in [1.165, 1.54) is 0 Å². The molecule has 1 unspecified atom stereocenters. The average Bonchev–Trinajstić information content (AvgIpc) is 1.79. The maximum Gasteiger partial charge on any atom is 0.393 e. The van der Waals surface area contributed by atoms with Crippen molar-refractivity contribution in [3.05, 3.63) is 0 Å². The third-order valence-electron chi connectivity index (χ3n) is 1.17. The van der Waals surface area contributed by atoms with Crippen molar-refractivity contribution < 1.29 is 23.1 Å². The van der Waals surface area contributed by atoms with Gasteiger partial charge in [0, 0.05) is 6.54 Å². The number of carboxylic acids is 1. The first-order valence-electron chi connectivity index (χ1n) is 2.86. The number of hydrogen-bond donors (Lipinski definition) is 2. The van der Waals surface area contributed by atoms with Gasteiger partial charge in [0.2, 0.25) is 0 Å². The second-order valence-corrected chi connectivity index (χ2v) is 2.07. The lowest BCUT2D eigenvalue weighted by Crippen LogP contribution is -2.32. The molecule has 3 nitrogen and oxygen atoms in total. The van der Waals surface area contributed by atoms with Gasteiger partial charge >= 0.3 is 12.1 Å². The molecule has 0 aromatic carbocycles. The minimum atomic E-state index is -4.51. The highest BCUT2D eigenvalue weighted by Crippen LogP contribution is 2.27. The minimum Gasteiger partial charge on any atom is -0.481 e. The Hall–Kier alpha value is -0.780. The highest BCUT2D eigenvalue weighted by molar-refractivity contribution is 5.67. The Morgan fingerprint density at radius 2 is 2.00 bits per heavy atom. The van der Waals surface area contributed by atoms with Crippen molar-refractivity contribution in [2.24, 2.45) is 11.7 Å². The number of aliphatic carboxylic acids is 1. The van der Waals surface area contributed by atoms with Gasteiger partial charge in [-0.05, 0) is 0 Å². The van der Waals surface area contributed by atoms with Crippen molar-refractivity contribution in [1.82, 2.24) is 0 Å². The van der Waals surface area contributed by atoms with Crippen LogP contribution in [-0.2, 0) is 4.79 Å². The van der Waals surface area contributed by atoms with Crippen LogP contribution in [0.5, 0.6) is 0 Å². The van der Waals surface area contributed by atoms with Gasteiger partial charge in [0.05, 0.1) is 12.3 Å². The first kappa shape index (κ1) is 10.2. The van der Waals surface area contributed by atoms with E-state index in [4.69, 9.17) is 10.8 Å². The van der Waals surface area contributed by atoms with Crippen LogP contribution >= 0.6 is 0 Å². The van der Waals surface area contributed by atoms with Gasteiger partial charge in [-0.15, -0.1) is 0 Å². The van der Waals surface area contributed by atoms with Crippen molar-refractivity contribution in [2.45, 2.75) is 12.6 Å². The fraction of sp³-hybridized carbons (Fsp3) is 0.800. The molecule has 1 atom stereocenters. The van der Waals surface area contributed by atoms with Crippen LogP contribution < -0.4 is 5.73 Å². The van der Waals surface area contributed by atoms with Crippen LogP contribution in [0.25, 0.3) is 0 Å². The summed E-state index contributed by atoms with van der Waals surface area (Å²) in [7, 11) is 0. The van der Waals surface area contributed by atoms with E-state index in [1.54, 1.807) is 0 Å². The summed E-state index contributed by atoms with van der Waals surface area (Å²) in [6.07, 6.45) is -5.47. The van der Waals surface area contributed by atoms with Gasteiger partial charge in [0.25, 0.3) is 0 Å². The van der Waals surface area contributed by atoms with Crippen molar-refractivity contribution >= 4 is 5.97 Å². The van der Waals surface area contributed by atoms with Gasteiger partial charge in [-0.2, -0.15) is 13.2 Å². The molecular formula is C5H8F3NO2. The molecule has 0 aliphatic heterocycles. The van der Waals surface area contributed by atoms with Crippen LogP contribution in [0.15, 0.2) is 0 Å². The summed E-state index contributed by atoms with van der Waals surface area (Å²) in [4.78, 5) is 9.86. The monoisotopic (exact) mass is 171 g/mol. The smallest absolute Gasteiger partial charge is 0.393 e. The zero-order chi connectivity index (χ0) is 9.07. The van der Waals surface area contributed by atoms with E-state index in [1.807, 2.05) is 0 Å². The molecule has 66 valence electrons. The quantitative estimate of drug-likeness (QED) is 0.653. The fourth-order valence-electron chi connectivity index (χ4n) is 0.543. The first-order valence-corrected chi connectivity index (χ1v) is 2.86. The topological polar surface area (TPSA) is 63.3 Å². The predicted octanol–water partition coefficient (Wildman–Crippen LogP) is 0.598. The van der Waals surface area contributed by atoms with Crippen molar-refractivity contribution in [1.29, 1.82) is 0 Å². The van der Waals surface area contributed by atoms with Gasteiger partial charge in [-0.1, -0.05) is 0 Å². The standard InChI is InChI=1S/C5H8F3NO2/c6-5(7,8)3(2-9)1-4(10)11/h3H,1-2,9H2,(H,10,11). The molecular weight excluding hydrogens is 163 g/mol. The minimum absolute atomic E-state index is 0.685. The molecule has 6 heteroatoms. The number of halogens is 3. The first-order chi connectivity index (χ1) is 4.88. The molecule has 0 aliphatic carbocycles. The molecule has 0 aromatic heterocycles. The fourth-order valence-corrected chi connectivity index (χ4v) is 0.543. The van der Waals surface area contributed by atoms with E-state index in [2.05, 4.69) is 0 Å². The normalized spacial score (nSPS) is 14.5. The number of carboxylic acid groups (broad SMARTS) is 1. The SMILES string of the molecule is NCC(CC(=O)O)C(F)(F)F. The second-order valence-electron chi connectivity index (χ2n) is 2.07. The van der Waals surface area contributed by atoms with Gasteiger partial charge in [0.1, 0.15) is 0 Å². The van der Waals surface area contributed by atoms with Gasteiger partial charge < -0.3 is 10.8 Å². The molecule has 0 rings (SSSR count). The zero-order valence-electron chi connectivity index (χ0n) is 5.56. The maximum absolute atomic E-state index is 11.7. The molecule has 3 N–H and O–H groups in total. The summed E-state index contributed by atoms with van der Waals surface area (Å²) in [6, 6.07) is 0. The van der Waals surface area contributed by atoms with Gasteiger partial charge in [0.15, 0.2) is 0 Å². The van der Waals surface area contributed by atoms with Crippen LogP contribution in [0.1, 0.15) is 6.42 Å². The Kier molecular flexibility index (Phi) is 3.31. The average molecular weight is 171 g/mol. The van der Waals surface area contributed by atoms with Crippen LogP contribution in [-0.4, -0.2) is 23.8 Å². The molecule has 0 saturated heterocycles. The van der Waals surface area contributed by atoms with Crippen LogP contribution in [0.4, 0.5) is 13.2 Å². The van der Waals surface area contributed by atoms with Crippen molar-refractivity contribution in [3.63, 3.8) is 0 Å². The van der Waals surface area contributed by atoms with E-state index in [9.17, 15) is 18.0 Å². The molecule has 11 heavy (non-hydrogen) atoms. The number of carbonyl (C=O) groups is 1. The summed E-state index contributed by atoms with van der Waals surface area (Å²) in [5, 5.41) is 8.02. The Balaban J connectivity index is 4.07. The van der Waals surface area contributed by atoms with Gasteiger partial charge in [-0.3, -0.25) is 4.79 Å². The van der Waals surface area contributed by atoms with Crippen molar-refractivity contribution in [2.75, 3.05) is 6.54 Å². The number of alkyl halides is 3. The van der Waals surface area contributed by atoms with E-state index < -0.39 is 31.0 Å². The molecule has 0 heterocycles. The number of hydrogen-bond acceptors (Lipinski definition) is 2. The molecule has 0 radical (unpaired) electrons. The van der Waals surface area contributed by atoms with Crippen molar-refractivity contribution in [3.8, 4) is 0 Å². The summed E-state index contributed by atoms with van der Waals surface area (Å²) in [5.41, 5.74) is 4.72. The lowest BCUT2D eigenvalue weighted by molar-refractivity contribution is -0.180. The summed E-state index contributed by atoms with van der Waals surface area (Å²) >= 11 is 0. The van der Waals surface area contributed by atoms with E-state index in [0.717, 1.165) is 0 Å². The Bertz CT molecular complexity index is 145. The maximum atomic E-state index is 11.7. The molecule has 0 saturated carbocycles. The third kappa shape index (κ3) is 3.82. The Labute approximate surface area is 61.0 Å². The highest BCUT2D eigenvalue weighted by atomic mass is 19.4. The molecule has 0 aromatic rings. The number of nitrogens with two attached hydrogens (primary N) is 1. The molecule has 0 fully saturated rings. The molecule has 0 amide bonds. The van der Waals surface area contributed by atoms with Gasteiger partial charge in [-0.25, -0.2) is 0 Å². The van der Waals surface area contributed by atoms with Crippen LogP contribution in [0, 0.1) is 5.92 Å². The second kappa shape index (κ2) is 3.56. The van der Waals surface area contributed by atoms with E-state index in [0.29, 0.717) is 0 Å². The van der Waals surface area contributed by atoms with E-state index in [-0.39, 0.29) is 0 Å². The predicted molar refractivity (Wildman–Crippen MR) is 30.9 cm³/mol. The number of rotatable bonds is 3. The summed E-state index contributed by atoms with van der Waals surface area (Å²) in [5.74, 6) is -3.42. The largest absolute Gasteiger partial charge is 0.481 e.